The predicted molar refractivity (Wildman–Crippen MR) is 60.6 cm³/mol. The van der Waals surface area contributed by atoms with E-state index in [2.05, 4.69) is 10.4 Å². The Bertz CT molecular complexity index is 409. The molecular formula is C10H16N4O2. The van der Waals surface area contributed by atoms with E-state index in [-0.39, 0.29) is 10.6 Å². The summed E-state index contributed by atoms with van der Waals surface area (Å²) in [6.45, 7) is 4.25. The van der Waals surface area contributed by atoms with E-state index in [1.54, 1.807) is 11.6 Å². The van der Waals surface area contributed by atoms with E-state index < -0.39 is 0 Å². The number of aryl methyl sites for hydroxylation is 2. The van der Waals surface area contributed by atoms with Crippen LogP contribution in [0.15, 0.2) is 0 Å². The molecule has 6 nitrogen and oxygen atoms in total. The number of anilines is 1. The minimum atomic E-state index is -0.352. The Hall–Kier alpha value is -1.59. The number of nitrogens with zero attached hydrogens (tertiary/aromatic N) is 3. The third-order valence-electron chi connectivity index (χ3n) is 3.02. The van der Waals surface area contributed by atoms with Crippen LogP contribution in [-0.2, 0) is 6.54 Å². The molecule has 0 amide bonds. The highest BCUT2D eigenvalue weighted by atomic mass is 16.6. The minimum absolute atomic E-state index is 0.119. The topological polar surface area (TPSA) is 73.0 Å². The average Bonchev–Trinajstić information content (AvgIpc) is 2.48. The summed E-state index contributed by atoms with van der Waals surface area (Å²) in [4.78, 5) is 10.6. The monoisotopic (exact) mass is 224 g/mol. The lowest BCUT2D eigenvalue weighted by atomic mass is 9.93. The van der Waals surface area contributed by atoms with Crippen LogP contribution >= 0.6 is 0 Å². The Kier molecular flexibility index (Phi) is 2.80. The van der Waals surface area contributed by atoms with E-state index in [9.17, 15) is 10.1 Å². The van der Waals surface area contributed by atoms with Crippen molar-refractivity contribution in [3.05, 3.63) is 15.8 Å². The first-order valence-corrected chi connectivity index (χ1v) is 5.61. The SMILES string of the molecule is CCn1nc(C)c([N+](=O)[O-])c1NC1CCC1. The number of nitro groups is 1. The summed E-state index contributed by atoms with van der Waals surface area (Å²) >= 11 is 0. The summed E-state index contributed by atoms with van der Waals surface area (Å²) in [6, 6.07) is 0.375. The first-order chi connectivity index (χ1) is 7.63. The van der Waals surface area contributed by atoms with Gasteiger partial charge in [0.15, 0.2) is 0 Å². The fourth-order valence-corrected chi connectivity index (χ4v) is 1.91. The van der Waals surface area contributed by atoms with Crippen LogP contribution in [0.5, 0.6) is 0 Å². The van der Waals surface area contributed by atoms with Crippen LogP contribution < -0.4 is 5.32 Å². The Morgan fingerprint density at radius 3 is 2.75 bits per heavy atom. The van der Waals surface area contributed by atoms with Crippen LogP contribution in [0.2, 0.25) is 0 Å². The van der Waals surface area contributed by atoms with Gasteiger partial charge in [0.1, 0.15) is 5.69 Å². The molecule has 0 atom stereocenters. The van der Waals surface area contributed by atoms with Gasteiger partial charge in [0, 0.05) is 12.6 Å². The minimum Gasteiger partial charge on any atom is -0.362 e. The number of hydrogen-bond donors (Lipinski definition) is 1. The predicted octanol–water partition coefficient (Wildman–Crippen LogP) is 2.08. The Morgan fingerprint density at radius 2 is 2.31 bits per heavy atom. The molecule has 88 valence electrons. The maximum Gasteiger partial charge on any atom is 0.333 e. The van der Waals surface area contributed by atoms with E-state index in [1.165, 1.54) is 6.42 Å². The highest BCUT2D eigenvalue weighted by molar-refractivity contribution is 5.60. The smallest absolute Gasteiger partial charge is 0.333 e. The quantitative estimate of drug-likeness (QED) is 0.627. The number of aromatic nitrogens is 2. The molecule has 0 saturated heterocycles. The molecule has 1 saturated carbocycles. The molecule has 0 radical (unpaired) electrons. The van der Waals surface area contributed by atoms with Crippen molar-refractivity contribution in [3.8, 4) is 0 Å². The lowest BCUT2D eigenvalue weighted by Gasteiger charge is -2.27. The molecule has 1 N–H and O–H groups in total. The van der Waals surface area contributed by atoms with Gasteiger partial charge in [0.05, 0.1) is 4.92 Å². The van der Waals surface area contributed by atoms with Crippen LogP contribution in [0, 0.1) is 17.0 Å². The molecule has 0 aromatic carbocycles. The van der Waals surface area contributed by atoms with Crippen LogP contribution in [-0.4, -0.2) is 20.7 Å². The van der Waals surface area contributed by atoms with Crippen LogP contribution in [0.25, 0.3) is 0 Å². The summed E-state index contributed by atoms with van der Waals surface area (Å²) in [5.41, 5.74) is 0.599. The summed E-state index contributed by atoms with van der Waals surface area (Å²) in [5, 5.41) is 18.4. The van der Waals surface area contributed by atoms with Crippen LogP contribution in [0.4, 0.5) is 11.5 Å². The molecule has 0 aliphatic heterocycles. The van der Waals surface area contributed by atoms with Crippen molar-refractivity contribution in [1.82, 2.24) is 9.78 Å². The summed E-state index contributed by atoms with van der Waals surface area (Å²) in [6.07, 6.45) is 3.38. The molecule has 1 fully saturated rings. The average molecular weight is 224 g/mol. The second-order valence-corrected chi connectivity index (χ2v) is 4.13. The van der Waals surface area contributed by atoms with Gasteiger partial charge in [-0.2, -0.15) is 5.10 Å². The highest BCUT2D eigenvalue weighted by Gasteiger charge is 2.28. The van der Waals surface area contributed by atoms with Crippen molar-refractivity contribution in [3.63, 3.8) is 0 Å². The van der Waals surface area contributed by atoms with Crippen molar-refractivity contribution in [1.29, 1.82) is 0 Å². The Morgan fingerprint density at radius 1 is 1.62 bits per heavy atom. The molecule has 2 rings (SSSR count). The molecular weight excluding hydrogens is 208 g/mol. The standard InChI is InChI=1S/C10H16N4O2/c1-3-13-10(11-8-5-4-6-8)9(14(15)16)7(2)12-13/h8,11H,3-6H2,1-2H3. The lowest BCUT2D eigenvalue weighted by Crippen LogP contribution is -2.28. The van der Waals surface area contributed by atoms with Crippen LogP contribution in [0.3, 0.4) is 0 Å². The van der Waals surface area contributed by atoms with E-state index in [1.807, 2.05) is 6.92 Å². The van der Waals surface area contributed by atoms with E-state index >= 15 is 0 Å². The summed E-state index contributed by atoms with van der Waals surface area (Å²) < 4.78 is 1.67. The molecule has 1 aromatic rings. The van der Waals surface area contributed by atoms with Gasteiger partial charge < -0.3 is 5.32 Å². The molecule has 1 aliphatic rings. The summed E-state index contributed by atoms with van der Waals surface area (Å²) in [7, 11) is 0. The van der Waals surface area contributed by atoms with Gasteiger partial charge in [-0.15, -0.1) is 0 Å². The van der Waals surface area contributed by atoms with E-state index in [0.717, 1.165) is 12.8 Å². The normalized spacial score (nSPS) is 15.9. The lowest BCUT2D eigenvalue weighted by molar-refractivity contribution is -0.384. The van der Waals surface area contributed by atoms with Gasteiger partial charge in [-0.3, -0.25) is 10.1 Å². The zero-order valence-electron chi connectivity index (χ0n) is 9.56. The molecule has 16 heavy (non-hydrogen) atoms. The molecule has 1 heterocycles. The van der Waals surface area contributed by atoms with Gasteiger partial charge in [-0.25, -0.2) is 4.68 Å². The summed E-state index contributed by atoms with van der Waals surface area (Å²) in [5.74, 6) is 0.565. The molecule has 0 spiro atoms. The maximum atomic E-state index is 11.0. The zero-order valence-corrected chi connectivity index (χ0v) is 9.56. The van der Waals surface area contributed by atoms with Gasteiger partial charge >= 0.3 is 5.69 Å². The fraction of sp³-hybridized carbons (Fsp3) is 0.700. The second kappa shape index (κ2) is 4.11. The fourth-order valence-electron chi connectivity index (χ4n) is 1.91. The van der Waals surface area contributed by atoms with Crippen molar-refractivity contribution in [2.24, 2.45) is 0 Å². The first-order valence-electron chi connectivity index (χ1n) is 5.61. The second-order valence-electron chi connectivity index (χ2n) is 4.13. The van der Waals surface area contributed by atoms with Crippen molar-refractivity contribution in [2.45, 2.75) is 45.7 Å². The molecule has 0 bridgehead atoms. The number of rotatable bonds is 4. The Labute approximate surface area is 93.8 Å². The van der Waals surface area contributed by atoms with E-state index in [4.69, 9.17) is 0 Å². The molecule has 1 aromatic heterocycles. The Balaban J connectivity index is 2.33. The molecule has 1 aliphatic carbocycles. The van der Waals surface area contributed by atoms with Crippen molar-refractivity contribution >= 4 is 11.5 Å². The molecule has 0 unspecified atom stereocenters. The van der Waals surface area contributed by atoms with Gasteiger partial charge in [0.25, 0.3) is 0 Å². The number of nitrogens with one attached hydrogen (secondary N) is 1. The third-order valence-corrected chi connectivity index (χ3v) is 3.02. The first kappa shape index (κ1) is 10.9. The van der Waals surface area contributed by atoms with Crippen molar-refractivity contribution in [2.75, 3.05) is 5.32 Å². The maximum absolute atomic E-state index is 11.0. The van der Waals surface area contributed by atoms with E-state index in [0.29, 0.717) is 24.1 Å². The van der Waals surface area contributed by atoms with Crippen LogP contribution in [0.1, 0.15) is 31.9 Å². The van der Waals surface area contributed by atoms with Gasteiger partial charge in [-0.1, -0.05) is 0 Å². The zero-order chi connectivity index (χ0) is 11.7. The largest absolute Gasteiger partial charge is 0.362 e. The number of hydrogen-bond acceptors (Lipinski definition) is 4. The molecule has 6 heteroatoms. The van der Waals surface area contributed by atoms with Gasteiger partial charge in [-0.05, 0) is 33.1 Å². The third kappa shape index (κ3) is 1.75. The van der Waals surface area contributed by atoms with Crippen molar-refractivity contribution < 1.29 is 4.92 Å². The van der Waals surface area contributed by atoms with Gasteiger partial charge in [0.2, 0.25) is 5.82 Å². The highest BCUT2D eigenvalue weighted by Crippen LogP contribution is 2.31.